The molecule has 0 aliphatic carbocycles. The number of morpholine rings is 1. The van der Waals surface area contributed by atoms with Crippen molar-refractivity contribution in [2.24, 2.45) is 0 Å². The van der Waals surface area contributed by atoms with E-state index < -0.39 is 22.0 Å². The minimum atomic E-state index is -4.39. The van der Waals surface area contributed by atoms with Crippen LogP contribution in [0.5, 0.6) is 0 Å². The molecule has 3 aromatic carbocycles. The van der Waals surface area contributed by atoms with Gasteiger partial charge in [0.1, 0.15) is 6.04 Å². The Morgan fingerprint density at radius 2 is 1.83 bits per heavy atom. The molecule has 0 radical (unpaired) electrons. The third-order valence-electron chi connectivity index (χ3n) is 7.08. The molecule has 0 bridgehead atoms. The highest BCUT2D eigenvalue weighted by Gasteiger charge is 2.36. The maximum atomic E-state index is 14.0. The molecule has 13 heteroatoms. The van der Waals surface area contributed by atoms with Crippen LogP contribution >= 0.6 is 23.2 Å². The number of benzene rings is 3. The Bertz CT molecular complexity index is 1670. The molecule has 1 unspecified atom stereocenters. The summed E-state index contributed by atoms with van der Waals surface area (Å²) in [6, 6.07) is 13.1. The van der Waals surface area contributed by atoms with Crippen LogP contribution < -0.4 is 4.31 Å². The van der Waals surface area contributed by atoms with E-state index in [2.05, 4.69) is 15.0 Å². The monoisotopic (exact) mass is 632 g/mol. The zero-order chi connectivity index (χ0) is 29.9. The van der Waals surface area contributed by atoms with Gasteiger partial charge in [-0.1, -0.05) is 72.4 Å². The van der Waals surface area contributed by atoms with Crippen LogP contribution in [-0.4, -0.2) is 66.9 Å². The predicted molar refractivity (Wildman–Crippen MR) is 160 cm³/mol. The van der Waals surface area contributed by atoms with Gasteiger partial charge in [0.2, 0.25) is 11.7 Å². The first-order valence-corrected chi connectivity index (χ1v) is 15.8. The van der Waals surface area contributed by atoms with Gasteiger partial charge in [-0.05, 0) is 47.5 Å². The zero-order valence-electron chi connectivity index (χ0n) is 22.9. The second kappa shape index (κ2) is 13.0. The lowest BCUT2D eigenvalue weighted by atomic mass is 10.0. The molecule has 0 amide bonds. The molecule has 5 rings (SSSR count). The lowest BCUT2D eigenvalue weighted by molar-refractivity contribution is -0.138. The van der Waals surface area contributed by atoms with Gasteiger partial charge >= 0.3 is 5.97 Å². The molecular formula is C29H30Cl2N4O6S. The van der Waals surface area contributed by atoms with Gasteiger partial charge in [-0.3, -0.25) is 9.21 Å². The summed E-state index contributed by atoms with van der Waals surface area (Å²) in [6.07, 6.45) is 1.33. The van der Waals surface area contributed by atoms with Crippen molar-refractivity contribution in [3.05, 3.63) is 70.5 Å². The van der Waals surface area contributed by atoms with E-state index in [1.807, 2.05) is 19.1 Å². The van der Waals surface area contributed by atoms with Crippen molar-refractivity contribution >= 4 is 55.7 Å². The van der Waals surface area contributed by atoms with Crippen LogP contribution in [0.1, 0.15) is 32.1 Å². The van der Waals surface area contributed by atoms with E-state index in [0.717, 1.165) is 22.8 Å². The summed E-state index contributed by atoms with van der Waals surface area (Å²) in [5.41, 5.74) is 0.896. The van der Waals surface area contributed by atoms with Gasteiger partial charge < -0.3 is 14.4 Å². The third kappa shape index (κ3) is 6.55. The number of rotatable bonds is 11. The molecule has 4 aromatic rings. The van der Waals surface area contributed by atoms with E-state index in [1.165, 1.54) is 18.2 Å². The molecule has 10 nitrogen and oxygen atoms in total. The lowest BCUT2D eigenvalue weighted by Crippen LogP contribution is -2.45. The number of aromatic nitrogens is 2. The van der Waals surface area contributed by atoms with Crippen molar-refractivity contribution in [2.75, 3.05) is 30.6 Å². The number of halogens is 2. The van der Waals surface area contributed by atoms with Crippen molar-refractivity contribution in [3.63, 3.8) is 0 Å². The summed E-state index contributed by atoms with van der Waals surface area (Å²) < 4.78 is 39.9. The Labute approximate surface area is 253 Å². The smallest absolute Gasteiger partial charge is 0.327 e. The Hall–Kier alpha value is -3.22. The molecule has 1 atom stereocenters. The van der Waals surface area contributed by atoms with Crippen molar-refractivity contribution in [3.8, 4) is 11.4 Å². The summed E-state index contributed by atoms with van der Waals surface area (Å²) in [5, 5.41) is 16.0. The molecule has 1 aromatic heterocycles. The molecule has 1 aliphatic rings. The van der Waals surface area contributed by atoms with Crippen LogP contribution in [0.3, 0.4) is 0 Å². The molecule has 1 aliphatic heterocycles. The van der Waals surface area contributed by atoms with Crippen LogP contribution in [0.4, 0.5) is 5.69 Å². The highest BCUT2D eigenvalue weighted by atomic mass is 35.5. The van der Waals surface area contributed by atoms with Crippen LogP contribution in [0.2, 0.25) is 10.0 Å². The number of fused-ring (bicyclic) bond motifs is 1. The summed E-state index contributed by atoms with van der Waals surface area (Å²) in [4.78, 5) is 19.1. The Balaban J connectivity index is 1.56. The third-order valence-corrected chi connectivity index (χ3v) is 9.33. The second-order valence-corrected chi connectivity index (χ2v) is 12.7. The molecular weight excluding hydrogens is 603 g/mol. The number of anilines is 1. The SMILES string of the molecule is CCCCC(C(=O)O)N(c1ccc2c(-c3noc(CN4CCOCC4)n3)cccc2c1)S(=O)(=O)c1cc(Cl)cc(Cl)c1. The van der Waals surface area contributed by atoms with Gasteiger partial charge in [-0.2, -0.15) is 4.98 Å². The topological polar surface area (TPSA) is 126 Å². The average Bonchev–Trinajstić information content (AvgIpc) is 3.42. The fraction of sp³-hybridized carbons (Fsp3) is 0.345. The van der Waals surface area contributed by atoms with E-state index in [4.69, 9.17) is 32.5 Å². The fourth-order valence-corrected chi connectivity index (χ4v) is 7.35. The average molecular weight is 634 g/mol. The number of sulfonamides is 1. The predicted octanol–water partition coefficient (Wildman–Crippen LogP) is 5.87. The Morgan fingerprint density at radius 3 is 2.52 bits per heavy atom. The van der Waals surface area contributed by atoms with Gasteiger partial charge in [0.25, 0.3) is 10.0 Å². The number of nitrogens with zero attached hydrogens (tertiary/aromatic N) is 4. The van der Waals surface area contributed by atoms with E-state index in [-0.39, 0.29) is 27.0 Å². The van der Waals surface area contributed by atoms with Crippen molar-refractivity contribution in [2.45, 2.75) is 43.7 Å². The molecule has 1 saturated heterocycles. The summed E-state index contributed by atoms with van der Waals surface area (Å²) in [5.74, 6) is -0.368. The summed E-state index contributed by atoms with van der Waals surface area (Å²) in [6.45, 7) is 5.31. The number of carboxylic acid groups (broad SMARTS) is 1. The quantitative estimate of drug-likeness (QED) is 0.216. The largest absolute Gasteiger partial charge is 0.480 e. The number of unbranched alkanes of at least 4 members (excludes halogenated alkanes) is 1. The van der Waals surface area contributed by atoms with Gasteiger partial charge in [-0.15, -0.1) is 0 Å². The normalized spacial score (nSPS) is 15.1. The van der Waals surface area contributed by atoms with Gasteiger partial charge in [-0.25, -0.2) is 13.2 Å². The summed E-state index contributed by atoms with van der Waals surface area (Å²) in [7, 11) is -4.39. The first-order chi connectivity index (χ1) is 20.2. The molecule has 42 heavy (non-hydrogen) atoms. The number of carbonyl (C=O) groups is 1. The zero-order valence-corrected chi connectivity index (χ0v) is 25.2. The number of carboxylic acids is 1. The standard InChI is InChI=1S/C29H30Cl2N4O6S/c1-2-3-7-26(29(36)37)35(42(38,39)23-16-20(30)15-21(31)17-23)22-8-9-24-19(14-22)5-4-6-25(24)28-32-27(41-33-28)18-34-10-12-40-13-11-34/h4-6,8-9,14-17,26H,2-3,7,10-13,18H2,1H3,(H,36,37). The van der Waals surface area contributed by atoms with E-state index in [0.29, 0.717) is 55.3 Å². The van der Waals surface area contributed by atoms with Gasteiger partial charge in [0, 0.05) is 28.7 Å². The molecule has 2 heterocycles. The fourth-order valence-electron chi connectivity index (χ4n) is 5.00. The number of hydrogen-bond acceptors (Lipinski definition) is 8. The minimum Gasteiger partial charge on any atom is -0.480 e. The molecule has 1 fully saturated rings. The number of hydrogen-bond donors (Lipinski definition) is 1. The number of ether oxygens (including phenoxy) is 1. The minimum absolute atomic E-state index is 0.117. The highest BCUT2D eigenvalue weighted by Crippen LogP contribution is 2.35. The Morgan fingerprint density at radius 1 is 1.10 bits per heavy atom. The van der Waals surface area contributed by atoms with Crippen molar-refractivity contribution in [1.82, 2.24) is 15.0 Å². The van der Waals surface area contributed by atoms with E-state index in [1.54, 1.807) is 24.3 Å². The van der Waals surface area contributed by atoms with Crippen molar-refractivity contribution < 1.29 is 27.6 Å². The molecule has 222 valence electrons. The van der Waals surface area contributed by atoms with Crippen LogP contribution in [-0.2, 0) is 26.1 Å². The maximum absolute atomic E-state index is 14.0. The van der Waals surface area contributed by atoms with Crippen molar-refractivity contribution in [1.29, 1.82) is 0 Å². The molecule has 1 N–H and O–H groups in total. The maximum Gasteiger partial charge on any atom is 0.327 e. The van der Waals surface area contributed by atoms with Crippen LogP contribution in [0, 0.1) is 0 Å². The van der Waals surface area contributed by atoms with E-state index >= 15 is 0 Å². The van der Waals surface area contributed by atoms with Crippen LogP contribution in [0.15, 0.2) is 64.0 Å². The van der Waals surface area contributed by atoms with E-state index in [9.17, 15) is 18.3 Å². The highest BCUT2D eigenvalue weighted by molar-refractivity contribution is 7.93. The second-order valence-electron chi connectivity index (χ2n) is 10.0. The Kier molecular flexibility index (Phi) is 9.34. The summed E-state index contributed by atoms with van der Waals surface area (Å²) >= 11 is 12.3. The number of aliphatic carboxylic acids is 1. The van der Waals surface area contributed by atoms with Crippen LogP contribution in [0.25, 0.3) is 22.2 Å². The molecule has 0 spiro atoms. The molecule has 0 saturated carbocycles. The van der Waals surface area contributed by atoms with Gasteiger partial charge in [0.15, 0.2) is 0 Å². The first-order valence-electron chi connectivity index (χ1n) is 13.6. The van der Waals surface area contributed by atoms with Gasteiger partial charge in [0.05, 0.1) is 30.3 Å². The lowest BCUT2D eigenvalue weighted by Gasteiger charge is -2.30. The first kappa shape index (κ1) is 30.2.